The highest BCUT2D eigenvalue weighted by molar-refractivity contribution is 9.11. The zero-order valence-corrected chi connectivity index (χ0v) is 13.0. The lowest BCUT2D eigenvalue weighted by atomic mass is 9.95. The van der Waals surface area contributed by atoms with Crippen molar-refractivity contribution in [2.45, 2.75) is 26.2 Å². The maximum Gasteiger partial charge on any atom is 0.263 e. The van der Waals surface area contributed by atoms with Crippen molar-refractivity contribution in [3.63, 3.8) is 0 Å². The van der Waals surface area contributed by atoms with Crippen LogP contribution in [0.5, 0.6) is 0 Å². The van der Waals surface area contributed by atoms with E-state index in [0.717, 1.165) is 46.7 Å². The van der Waals surface area contributed by atoms with Crippen LogP contribution in [-0.2, 0) is 0 Å². The molecule has 1 aromatic rings. The molecule has 2 rings (SSSR count). The molecule has 1 aliphatic rings. The lowest BCUT2D eigenvalue weighted by Gasteiger charge is -2.32. The first kappa shape index (κ1) is 14.0. The van der Waals surface area contributed by atoms with Crippen LogP contribution in [0.25, 0.3) is 0 Å². The number of carbonyl (C=O) groups excluding carboxylic acids is 1. The summed E-state index contributed by atoms with van der Waals surface area (Å²) in [7, 11) is 0. The van der Waals surface area contributed by atoms with Crippen LogP contribution in [0.4, 0.5) is 0 Å². The Labute approximate surface area is 120 Å². The monoisotopic (exact) mass is 330 g/mol. The molecule has 1 aliphatic heterocycles. The van der Waals surface area contributed by atoms with E-state index in [0.29, 0.717) is 5.92 Å². The number of aryl methyl sites for hydroxylation is 1. The molecule has 5 heteroatoms. The number of rotatable bonds is 3. The number of amides is 1. The predicted molar refractivity (Wildman–Crippen MR) is 79.1 cm³/mol. The van der Waals surface area contributed by atoms with E-state index in [1.54, 1.807) is 0 Å². The normalized spacial score (nSPS) is 20.2. The third-order valence-corrected chi connectivity index (χ3v) is 5.57. The van der Waals surface area contributed by atoms with E-state index >= 15 is 0 Å². The Morgan fingerprint density at radius 3 is 3.06 bits per heavy atom. The van der Waals surface area contributed by atoms with Gasteiger partial charge in [-0.3, -0.25) is 4.79 Å². The summed E-state index contributed by atoms with van der Waals surface area (Å²) in [4.78, 5) is 15.2. The van der Waals surface area contributed by atoms with Crippen LogP contribution in [0.2, 0.25) is 0 Å². The smallest absolute Gasteiger partial charge is 0.263 e. The molecule has 1 saturated heterocycles. The van der Waals surface area contributed by atoms with Crippen LogP contribution in [0.15, 0.2) is 9.85 Å². The molecular weight excluding hydrogens is 312 g/mol. The highest BCUT2D eigenvalue weighted by Crippen LogP contribution is 2.29. The van der Waals surface area contributed by atoms with Gasteiger partial charge in [-0.25, -0.2) is 0 Å². The molecule has 0 spiro atoms. The third kappa shape index (κ3) is 3.13. The van der Waals surface area contributed by atoms with Gasteiger partial charge in [-0.2, -0.15) is 0 Å². The Morgan fingerprint density at radius 1 is 1.67 bits per heavy atom. The first-order valence-electron chi connectivity index (χ1n) is 6.37. The van der Waals surface area contributed by atoms with Gasteiger partial charge in [0.05, 0.1) is 8.66 Å². The average molecular weight is 331 g/mol. The fourth-order valence-electron chi connectivity index (χ4n) is 2.44. The molecule has 0 saturated carbocycles. The van der Waals surface area contributed by atoms with E-state index in [-0.39, 0.29) is 5.91 Å². The summed E-state index contributed by atoms with van der Waals surface area (Å²) in [6.45, 7) is 4.49. The van der Waals surface area contributed by atoms with Crippen LogP contribution >= 0.6 is 27.3 Å². The molecule has 0 bridgehead atoms. The lowest BCUT2D eigenvalue weighted by molar-refractivity contribution is 0.0674. The fraction of sp³-hybridized carbons (Fsp3) is 0.615. The number of halogens is 1. The molecule has 1 fully saturated rings. The first-order chi connectivity index (χ1) is 8.61. The summed E-state index contributed by atoms with van der Waals surface area (Å²) in [6.07, 6.45) is 3.33. The molecule has 1 atom stereocenters. The summed E-state index contributed by atoms with van der Waals surface area (Å²) in [5, 5.41) is 0. The van der Waals surface area contributed by atoms with Gasteiger partial charge >= 0.3 is 0 Å². The topological polar surface area (TPSA) is 46.3 Å². The second-order valence-electron chi connectivity index (χ2n) is 4.90. The zero-order chi connectivity index (χ0) is 13.1. The van der Waals surface area contributed by atoms with Gasteiger partial charge < -0.3 is 10.6 Å². The van der Waals surface area contributed by atoms with Gasteiger partial charge in [-0.1, -0.05) is 0 Å². The van der Waals surface area contributed by atoms with Crippen molar-refractivity contribution in [2.75, 3.05) is 19.6 Å². The quantitative estimate of drug-likeness (QED) is 0.925. The Hall–Kier alpha value is -0.390. The number of nitrogens with zero attached hydrogens (tertiary/aromatic N) is 1. The van der Waals surface area contributed by atoms with Crippen LogP contribution in [-0.4, -0.2) is 30.4 Å². The van der Waals surface area contributed by atoms with Gasteiger partial charge in [-0.05, 0) is 66.2 Å². The highest BCUT2D eigenvalue weighted by atomic mass is 79.9. The molecule has 0 aromatic carbocycles. The number of hydrogen-bond acceptors (Lipinski definition) is 3. The number of piperidine rings is 1. The van der Waals surface area contributed by atoms with Gasteiger partial charge in [0.15, 0.2) is 0 Å². The molecule has 3 nitrogen and oxygen atoms in total. The van der Waals surface area contributed by atoms with Crippen molar-refractivity contribution < 1.29 is 4.79 Å². The van der Waals surface area contributed by atoms with Crippen LogP contribution < -0.4 is 5.73 Å². The maximum absolute atomic E-state index is 12.4. The zero-order valence-electron chi connectivity index (χ0n) is 10.6. The van der Waals surface area contributed by atoms with Crippen molar-refractivity contribution in [3.05, 3.63) is 20.3 Å². The molecular formula is C13H19BrN2OS. The molecule has 100 valence electrons. The van der Waals surface area contributed by atoms with Crippen LogP contribution in [0, 0.1) is 12.8 Å². The van der Waals surface area contributed by atoms with E-state index < -0.39 is 0 Å². The summed E-state index contributed by atoms with van der Waals surface area (Å²) >= 11 is 5.01. The highest BCUT2D eigenvalue weighted by Gasteiger charge is 2.25. The summed E-state index contributed by atoms with van der Waals surface area (Å²) in [5.41, 5.74) is 6.75. The van der Waals surface area contributed by atoms with Gasteiger partial charge in [0.1, 0.15) is 0 Å². The van der Waals surface area contributed by atoms with Gasteiger partial charge in [0.25, 0.3) is 5.91 Å². The molecule has 0 radical (unpaired) electrons. The summed E-state index contributed by atoms with van der Waals surface area (Å²) in [6, 6.07) is 1.98. The van der Waals surface area contributed by atoms with Crippen LogP contribution in [0.1, 0.15) is 34.5 Å². The Balaban J connectivity index is 2.04. The van der Waals surface area contributed by atoms with Gasteiger partial charge in [0.2, 0.25) is 0 Å². The van der Waals surface area contributed by atoms with Crippen molar-refractivity contribution in [3.8, 4) is 0 Å². The van der Waals surface area contributed by atoms with Crippen molar-refractivity contribution in [1.82, 2.24) is 4.90 Å². The second kappa shape index (κ2) is 6.17. The van der Waals surface area contributed by atoms with Crippen molar-refractivity contribution in [2.24, 2.45) is 11.7 Å². The molecule has 2 N–H and O–H groups in total. The molecule has 18 heavy (non-hydrogen) atoms. The number of carbonyl (C=O) groups is 1. The predicted octanol–water partition coefficient (Wildman–Crippen LogP) is 3.02. The Kier molecular flexibility index (Phi) is 4.81. The second-order valence-corrected chi connectivity index (χ2v) is 7.27. The largest absolute Gasteiger partial charge is 0.338 e. The van der Waals surface area contributed by atoms with E-state index in [9.17, 15) is 4.79 Å². The summed E-state index contributed by atoms with van der Waals surface area (Å²) in [5.74, 6) is 0.757. The number of nitrogens with two attached hydrogens (primary N) is 1. The molecule has 1 amide bonds. The van der Waals surface area contributed by atoms with E-state index in [1.165, 1.54) is 17.8 Å². The maximum atomic E-state index is 12.4. The Morgan fingerprint density at radius 2 is 2.44 bits per heavy atom. The minimum atomic E-state index is 0.176. The number of likely N-dealkylation sites (tertiary alicyclic amines) is 1. The van der Waals surface area contributed by atoms with Crippen LogP contribution in [0.3, 0.4) is 0 Å². The minimum absolute atomic E-state index is 0.176. The van der Waals surface area contributed by atoms with Gasteiger partial charge in [0, 0.05) is 13.1 Å². The third-order valence-electron chi connectivity index (χ3n) is 3.45. The minimum Gasteiger partial charge on any atom is -0.338 e. The number of hydrogen-bond donors (Lipinski definition) is 1. The standard InChI is InChI=1S/C13H19BrN2OS/c1-9-7-11(18-12(9)14)13(17)16-6-2-3-10(8-16)4-5-15/h7,10H,2-6,8,15H2,1H3. The van der Waals surface area contributed by atoms with E-state index in [1.807, 2.05) is 17.9 Å². The number of thiophene rings is 1. The van der Waals surface area contributed by atoms with Gasteiger partial charge in [-0.15, -0.1) is 11.3 Å². The van der Waals surface area contributed by atoms with Crippen molar-refractivity contribution in [1.29, 1.82) is 0 Å². The first-order valence-corrected chi connectivity index (χ1v) is 7.98. The average Bonchev–Trinajstić information content (AvgIpc) is 2.69. The van der Waals surface area contributed by atoms with E-state index in [4.69, 9.17) is 5.73 Å². The SMILES string of the molecule is Cc1cc(C(=O)N2CCCC(CCN)C2)sc1Br. The van der Waals surface area contributed by atoms with E-state index in [2.05, 4.69) is 15.9 Å². The molecule has 2 heterocycles. The molecule has 1 unspecified atom stereocenters. The molecule has 1 aromatic heterocycles. The fourth-order valence-corrected chi connectivity index (χ4v) is 3.94. The lowest BCUT2D eigenvalue weighted by Crippen LogP contribution is -2.40. The summed E-state index contributed by atoms with van der Waals surface area (Å²) < 4.78 is 1.06. The van der Waals surface area contributed by atoms with Crippen molar-refractivity contribution >= 4 is 33.2 Å². The Bertz CT molecular complexity index is 411. The molecule has 0 aliphatic carbocycles.